The van der Waals surface area contributed by atoms with Gasteiger partial charge in [0.05, 0.1) is 6.61 Å². The van der Waals surface area contributed by atoms with E-state index < -0.39 is 18.0 Å². The smallest absolute Gasteiger partial charge is 0.322 e. The zero-order valence-electron chi connectivity index (χ0n) is 14.4. The third-order valence-electron chi connectivity index (χ3n) is 3.71. The number of unbranched alkanes of at least 4 members (excludes halogenated alkanes) is 9. The lowest BCUT2D eigenvalue weighted by Gasteiger charge is -2.10. The van der Waals surface area contributed by atoms with E-state index in [1.165, 1.54) is 51.4 Å². The summed E-state index contributed by atoms with van der Waals surface area (Å²) in [5.74, 6) is -1.44. The number of carboxylic acid groups (broad SMARTS) is 1. The van der Waals surface area contributed by atoms with E-state index in [9.17, 15) is 9.59 Å². The number of halogens is 1. The van der Waals surface area contributed by atoms with Crippen LogP contribution in [0.4, 0.5) is 0 Å². The van der Waals surface area contributed by atoms with Crippen molar-refractivity contribution in [3.8, 4) is 0 Å². The van der Waals surface area contributed by atoms with Crippen molar-refractivity contribution in [3.63, 3.8) is 0 Å². The molecule has 0 aliphatic carbocycles. The number of esters is 1. The second kappa shape index (κ2) is 17.5. The van der Waals surface area contributed by atoms with Crippen LogP contribution in [0.2, 0.25) is 0 Å². The van der Waals surface area contributed by atoms with Gasteiger partial charge in [-0.25, -0.2) is 0 Å². The van der Waals surface area contributed by atoms with Crippen LogP contribution >= 0.6 is 12.4 Å². The van der Waals surface area contributed by atoms with Crippen LogP contribution in [0.1, 0.15) is 84.0 Å². The summed E-state index contributed by atoms with van der Waals surface area (Å²) in [4.78, 5) is 21.9. The number of carbonyl (C=O) groups is 2. The van der Waals surface area contributed by atoms with E-state index in [4.69, 9.17) is 15.6 Å². The van der Waals surface area contributed by atoms with Crippen LogP contribution in [0.15, 0.2) is 0 Å². The van der Waals surface area contributed by atoms with Gasteiger partial charge in [0.15, 0.2) is 0 Å². The molecule has 0 amide bonds. The van der Waals surface area contributed by atoms with Gasteiger partial charge >= 0.3 is 11.9 Å². The number of hydrogen-bond donors (Lipinski definition) is 2. The monoisotopic (exact) mass is 351 g/mol. The molecule has 5 nitrogen and oxygen atoms in total. The van der Waals surface area contributed by atoms with Crippen LogP contribution in [0.5, 0.6) is 0 Å². The Morgan fingerprint density at radius 2 is 1.43 bits per heavy atom. The molecule has 0 saturated carbocycles. The van der Waals surface area contributed by atoms with Gasteiger partial charge in [-0.2, -0.15) is 0 Å². The number of rotatable bonds is 15. The molecule has 0 saturated heterocycles. The molecule has 138 valence electrons. The van der Waals surface area contributed by atoms with Crippen LogP contribution < -0.4 is 5.73 Å². The van der Waals surface area contributed by atoms with Crippen LogP contribution in [-0.4, -0.2) is 29.7 Å². The summed E-state index contributed by atoms with van der Waals surface area (Å²) in [5.41, 5.74) is 5.56. The van der Waals surface area contributed by atoms with Crippen molar-refractivity contribution in [2.24, 2.45) is 5.73 Å². The third kappa shape index (κ3) is 17.4. The fourth-order valence-electron chi connectivity index (χ4n) is 2.27. The average Bonchev–Trinajstić information content (AvgIpc) is 2.49. The summed E-state index contributed by atoms with van der Waals surface area (Å²) >= 11 is 0. The summed E-state index contributed by atoms with van der Waals surface area (Å²) in [6, 6.07) is -0.820. The van der Waals surface area contributed by atoms with Crippen molar-refractivity contribution in [2.75, 3.05) is 6.61 Å². The molecular weight excluding hydrogens is 318 g/mol. The first-order chi connectivity index (χ1) is 10.6. The number of carboxylic acids is 1. The number of hydrogen-bond acceptors (Lipinski definition) is 4. The van der Waals surface area contributed by atoms with Crippen molar-refractivity contribution >= 4 is 24.3 Å². The Hall–Kier alpha value is -0.810. The van der Waals surface area contributed by atoms with Gasteiger partial charge in [0.2, 0.25) is 0 Å². The zero-order valence-corrected chi connectivity index (χ0v) is 15.2. The molecule has 0 radical (unpaired) electrons. The highest BCUT2D eigenvalue weighted by molar-refractivity contribution is 5.85. The second-order valence-electron chi connectivity index (χ2n) is 5.89. The molecule has 0 aliphatic heterocycles. The maximum atomic E-state index is 11.5. The molecule has 0 spiro atoms. The highest BCUT2D eigenvalue weighted by Gasteiger charge is 2.15. The van der Waals surface area contributed by atoms with Gasteiger partial charge in [0.1, 0.15) is 6.04 Å². The van der Waals surface area contributed by atoms with Crippen LogP contribution in [0.3, 0.4) is 0 Å². The largest absolute Gasteiger partial charge is 0.481 e. The van der Waals surface area contributed by atoms with E-state index in [1.54, 1.807) is 0 Å². The van der Waals surface area contributed by atoms with Crippen molar-refractivity contribution in [3.05, 3.63) is 0 Å². The van der Waals surface area contributed by atoms with E-state index in [0.717, 1.165) is 12.8 Å². The van der Waals surface area contributed by atoms with Gasteiger partial charge in [0.25, 0.3) is 0 Å². The minimum absolute atomic E-state index is 0. The lowest BCUT2D eigenvalue weighted by atomic mass is 10.1. The van der Waals surface area contributed by atoms with Gasteiger partial charge < -0.3 is 15.6 Å². The molecule has 0 unspecified atom stereocenters. The Kier molecular flexibility index (Phi) is 18.6. The predicted octanol–water partition coefficient (Wildman–Crippen LogP) is 4.06. The third-order valence-corrected chi connectivity index (χ3v) is 3.71. The first-order valence-corrected chi connectivity index (χ1v) is 8.72. The van der Waals surface area contributed by atoms with E-state index in [0.29, 0.717) is 6.61 Å². The Bertz CT molecular complexity index is 300. The standard InChI is InChI=1S/C17H33NO4.ClH/c1-2-3-4-5-6-7-8-9-10-11-14-22-17(21)15(18)12-13-16(19)20;/h15H,2-14,18H2,1H3,(H,19,20);1H/t15-;/m0./s1. The van der Waals surface area contributed by atoms with E-state index in [1.807, 2.05) is 0 Å². The zero-order chi connectivity index (χ0) is 16.6. The van der Waals surface area contributed by atoms with E-state index in [2.05, 4.69) is 6.92 Å². The molecule has 0 rings (SSSR count). The molecule has 23 heavy (non-hydrogen) atoms. The molecule has 0 aromatic carbocycles. The summed E-state index contributed by atoms with van der Waals surface area (Å²) in [6.07, 6.45) is 12.3. The predicted molar refractivity (Wildman–Crippen MR) is 94.9 cm³/mol. The summed E-state index contributed by atoms with van der Waals surface area (Å²) in [5, 5.41) is 8.51. The quantitative estimate of drug-likeness (QED) is 0.343. The molecule has 0 fully saturated rings. The van der Waals surface area contributed by atoms with Gasteiger partial charge in [-0.15, -0.1) is 12.4 Å². The van der Waals surface area contributed by atoms with Gasteiger partial charge in [-0.1, -0.05) is 64.7 Å². The van der Waals surface area contributed by atoms with Gasteiger partial charge in [-0.05, 0) is 12.8 Å². The molecule has 1 atom stereocenters. The fourth-order valence-corrected chi connectivity index (χ4v) is 2.27. The molecule has 3 N–H and O–H groups in total. The fraction of sp³-hybridized carbons (Fsp3) is 0.882. The minimum atomic E-state index is -0.946. The van der Waals surface area contributed by atoms with Crippen LogP contribution in [0, 0.1) is 0 Å². The summed E-state index contributed by atoms with van der Waals surface area (Å²) in [6.45, 7) is 2.61. The highest BCUT2D eigenvalue weighted by Crippen LogP contribution is 2.10. The van der Waals surface area contributed by atoms with Crippen molar-refractivity contribution in [1.82, 2.24) is 0 Å². The number of nitrogens with two attached hydrogens (primary N) is 1. The molecule has 6 heteroatoms. The Morgan fingerprint density at radius 1 is 0.957 bits per heavy atom. The average molecular weight is 352 g/mol. The molecule has 0 aromatic rings. The number of aliphatic carboxylic acids is 1. The Balaban J connectivity index is 0. The summed E-state index contributed by atoms with van der Waals surface area (Å²) < 4.78 is 5.05. The molecular formula is C17H34ClNO4. The lowest BCUT2D eigenvalue weighted by Crippen LogP contribution is -2.33. The Morgan fingerprint density at radius 3 is 1.91 bits per heavy atom. The molecule has 0 aromatic heterocycles. The van der Waals surface area contributed by atoms with Crippen molar-refractivity contribution in [1.29, 1.82) is 0 Å². The Labute approximate surface area is 146 Å². The van der Waals surface area contributed by atoms with Gasteiger partial charge in [-0.3, -0.25) is 9.59 Å². The van der Waals surface area contributed by atoms with Crippen molar-refractivity contribution < 1.29 is 19.4 Å². The van der Waals surface area contributed by atoms with Crippen LogP contribution in [0.25, 0.3) is 0 Å². The first kappa shape index (κ1) is 24.4. The first-order valence-electron chi connectivity index (χ1n) is 8.72. The molecule has 0 heterocycles. The number of ether oxygens (including phenoxy) is 1. The lowest BCUT2D eigenvalue weighted by molar-refractivity contribution is -0.145. The van der Waals surface area contributed by atoms with Crippen molar-refractivity contribution in [2.45, 2.75) is 90.0 Å². The van der Waals surface area contributed by atoms with E-state index in [-0.39, 0.29) is 25.2 Å². The minimum Gasteiger partial charge on any atom is -0.481 e. The number of carbonyl (C=O) groups excluding carboxylic acids is 1. The highest BCUT2D eigenvalue weighted by atomic mass is 35.5. The maximum Gasteiger partial charge on any atom is 0.322 e. The van der Waals surface area contributed by atoms with E-state index >= 15 is 0 Å². The summed E-state index contributed by atoms with van der Waals surface area (Å²) in [7, 11) is 0. The second-order valence-corrected chi connectivity index (χ2v) is 5.89. The normalized spacial score (nSPS) is 11.6. The SMILES string of the molecule is CCCCCCCCCCCCOC(=O)[C@@H](N)CCC(=O)O.Cl. The molecule has 0 bridgehead atoms. The van der Waals surface area contributed by atoms with Gasteiger partial charge in [0, 0.05) is 6.42 Å². The van der Waals surface area contributed by atoms with Crippen LogP contribution in [-0.2, 0) is 14.3 Å². The molecule has 0 aliphatic rings. The maximum absolute atomic E-state index is 11.5. The topological polar surface area (TPSA) is 89.6 Å².